The molecule has 1 fully saturated rings. The molecule has 9 nitrogen and oxygen atoms in total. The molecule has 3 heterocycles. The molecule has 1 aromatic heterocycles. The van der Waals surface area contributed by atoms with E-state index in [9.17, 15) is 14.4 Å². The number of nitrogens with one attached hydrogen (secondary N) is 1. The topological polar surface area (TPSA) is 120 Å². The van der Waals surface area contributed by atoms with Crippen molar-refractivity contribution in [3.63, 3.8) is 0 Å². The second-order valence-corrected chi connectivity index (χ2v) is 10.1. The molecule has 2 aliphatic heterocycles. The van der Waals surface area contributed by atoms with E-state index >= 15 is 0 Å². The van der Waals surface area contributed by atoms with Gasteiger partial charge in [0.25, 0.3) is 0 Å². The Kier molecular flexibility index (Phi) is 5.80. The predicted octanol–water partition coefficient (Wildman–Crippen LogP) is 4.26. The van der Waals surface area contributed by atoms with E-state index in [0.717, 1.165) is 16.5 Å². The first-order valence-electron chi connectivity index (χ1n) is 12.2. The average molecular weight is 530 g/mol. The molecule has 10 heteroatoms. The SMILES string of the molecule is NC(=O)c1ccc2cnn([C@@H](Cc3ccccc3)C(=O)N3CC[C@@]4(C3)OC(=O)Nc3ccc(Cl)cc34)c2c1. The van der Waals surface area contributed by atoms with Crippen LogP contribution in [0.25, 0.3) is 10.9 Å². The molecule has 0 unspecified atom stereocenters. The third-order valence-electron chi connectivity index (χ3n) is 7.28. The standard InChI is InChI=1S/C28H24ClN5O4/c29-20-8-9-22-21(14-20)28(38-27(37)32-22)10-11-33(16-28)26(36)24(12-17-4-2-1-3-5-17)34-23-13-18(25(30)35)6-7-19(23)15-31-34/h1-9,13-15,24H,10-12,16H2,(H2,30,35)(H,32,37)/t24-,28-/m0/s1. The molecule has 4 aromatic rings. The smallest absolute Gasteiger partial charge is 0.412 e. The number of ether oxygens (including phenoxy) is 1. The number of primary amides is 1. The van der Waals surface area contributed by atoms with E-state index in [2.05, 4.69) is 10.4 Å². The van der Waals surface area contributed by atoms with E-state index < -0.39 is 23.6 Å². The zero-order chi connectivity index (χ0) is 26.4. The fraction of sp³-hybridized carbons (Fsp3) is 0.214. The second-order valence-electron chi connectivity index (χ2n) is 9.64. The number of halogens is 1. The van der Waals surface area contributed by atoms with Crippen molar-refractivity contribution in [1.29, 1.82) is 0 Å². The number of carbonyl (C=O) groups is 3. The summed E-state index contributed by atoms with van der Waals surface area (Å²) in [4.78, 5) is 40.2. The molecule has 192 valence electrons. The molecule has 2 aliphatic rings. The summed E-state index contributed by atoms with van der Waals surface area (Å²) in [5, 5.41) is 8.58. The van der Waals surface area contributed by atoms with E-state index in [4.69, 9.17) is 22.1 Å². The first-order chi connectivity index (χ1) is 18.3. The minimum Gasteiger partial charge on any atom is -0.436 e. The van der Waals surface area contributed by atoms with Crippen LogP contribution in [0, 0.1) is 0 Å². The third-order valence-corrected chi connectivity index (χ3v) is 7.51. The Morgan fingerprint density at radius 3 is 2.74 bits per heavy atom. The molecule has 2 atom stereocenters. The largest absolute Gasteiger partial charge is 0.436 e. The average Bonchev–Trinajstić information content (AvgIpc) is 3.52. The van der Waals surface area contributed by atoms with Crippen molar-refractivity contribution in [2.45, 2.75) is 24.5 Å². The summed E-state index contributed by atoms with van der Waals surface area (Å²) in [5.41, 5.74) is 7.82. The number of likely N-dealkylation sites (tertiary alicyclic amines) is 1. The molecule has 1 spiro atoms. The third kappa shape index (κ3) is 4.14. The van der Waals surface area contributed by atoms with Gasteiger partial charge in [0.2, 0.25) is 11.8 Å². The number of carbonyl (C=O) groups excluding carboxylic acids is 3. The van der Waals surface area contributed by atoms with E-state index in [1.807, 2.05) is 30.3 Å². The minimum absolute atomic E-state index is 0.168. The van der Waals surface area contributed by atoms with Crippen LogP contribution in [0.1, 0.15) is 33.9 Å². The summed E-state index contributed by atoms with van der Waals surface area (Å²) >= 11 is 6.28. The molecule has 0 aliphatic carbocycles. The fourth-order valence-corrected chi connectivity index (χ4v) is 5.58. The van der Waals surface area contributed by atoms with E-state index in [0.29, 0.717) is 41.2 Å². The van der Waals surface area contributed by atoms with Gasteiger partial charge < -0.3 is 15.4 Å². The quantitative estimate of drug-likeness (QED) is 0.400. The van der Waals surface area contributed by atoms with Gasteiger partial charge in [0.05, 0.1) is 23.9 Å². The van der Waals surface area contributed by atoms with Crippen LogP contribution in [0.5, 0.6) is 0 Å². The number of hydrogen-bond donors (Lipinski definition) is 2. The van der Waals surface area contributed by atoms with E-state index in [-0.39, 0.29) is 12.5 Å². The van der Waals surface area contributed by atoms with Gasteiger partial charge in [-0.1, -0.05) is 48.0 Å². The Morgan fingerprint density at radius 2 is 1.95 bits per heavy atom. The Hall–Kier alpha value is -4.37. The number of amides is 3. The lowest BCUT2D eigenvalue weighted by atomic mass is 9.90. The number of fused-ring (bicyclic) bond motifs is 3. The maximum Gasteiger partial charge on any atom is 0.412 e. The summed E-state index contributed by atoms with van der Waals surface area (Å²) < 4.78 is 7.48. The molecule has 3 N–H and O–H groups in total. The van der Waals surface area contributed by atoms with Crippen LogP contribution in [-0.4, -0.2) is 45.7 Å². The van der Waals surface area contributed by atoms with Crippen molar-refractivity contribution in [1.82, 2.24) is 14.7 Å². The molecular formula is C28H24ClN5O4. The maximum atomic E-state index is 14.2. The monoisotopic (exact) mass is 529 g/mol. The fourth-order valence-electron chi connectivity index (χ4n) is 5.41. The highest BCUT2D eigenvalue weighted by atomic mass is 35.5. The van der Waals surface area contributed by atoms with Gasteiger partial charge in [-0.25, -0.2) is 4.79 Å². The molecule has 38 heavy (non-hydrogen) atoms. The van der Waals surface area contributed by atoms with Crippen LogP contribution in [0.3, 0.4) is 0 Å². The molecule has 0 saturated carbocycles. The first-order valence-corrected chi connectivity index (χ1v) is 12.6. The number of aromatic nitrogens is 2. The number of anilines is 1. The molecule has 0 radical (unpaired) electrons. The Morgan fingerprint density at radius 1 is 1.13 bits per heavy atom. The van der Waals surface area contributed by atoms with Crippen LogP contribution >= 0.6 is 11.6 Å². The van der Waals surface area contributed by atoms with Crippen LogP contribution in [0.2, 0.25) is 5.02 Å². The van der Waals surface area contributed by atoms with Crippen molar-refractivity contribution in [3.05, 3.63) is 94.6 Å². The summed E-state index contributed by atoms with van der Waals surface area (Å²) in [6.45, 7) is 0.568. The van der Waals surface area contributed by atoms with Gasteiger partial charge in [0.15, 0.2) is 5.60 Å². The van der Waals surface area contributed by atoms with Gasteiger partial charge in [-0.3, -0.25) is 19.6 Å². The Bertz CT molecular complexity index is 1590. The Labute approximate surface area is 223 Å². The Balaban J connectivity index is 1.38. The van der Waals surface area contributed by atoms with Crippen molar-refractivity contribution in [2.24, 2.45) is 5.73 Å². The number of benzene rings is 3. The molecule has 6 rings (SSSR count). The van der Waals surface area contributed by atoms with E-state index in [1.165, 1.54) is 0 Å². The van der Waals surface area contributed by atoms with Crippen molar-refractivity contribution in [2.75, 3.05) is 18.4 Å². The summed E-state index contributed by atoms with van der Waals surface area (Å²) in [6.07, 6.45) is 1.92. The highest BCUT2D eigenvalue weighted by Crippen LogP contribution is 2.44. The number of nitrogens with two attached hydrogens (primary N) is 1. The minimum atomic E-state index is -0.999. The van der Waals surface area contributed by atoms with Gasteiger partial charge >= 0.3 is 6.09 Å². The van der Waals surface area contributed by atoms with Gasteiger partial charge in [-0.15, -0.1) is 0 Å². The van der Waals surface area contributed by atoms with Gasteiger partial charge in [-0.05, 0) is 35.9 Å². The lowest BCUT2D eigenvalue weighted by molar-refractivity contribution is -0.135. The molecule has 0 bridgehead atoms. The van der Waals surface area contributed by atoms with Crippen LogP contribution in [-0.2, 0) is 21.6 Å². The summed E-state index contributed by atoms with van der Waals surface area (Å²) in [7, 11) is 0. The van der Waals surface area contributed by atoms with Crippen molar-refractivity contribution in [3.8, 4) is 0 Å². The lowest BCUT2D eigenvalue weighted by Gasteiger charge is -2.35. The van der Waals surface area contributed by atoms with Crippen molar-refractivity contribution >= 4 is 46.1 Å². The number of nitrogens with zero attached hydrogens (tertiary/aromatic N) is 3. The normalized spacial score (nSPS) is 19.2. The summed E-state index contributed by atoms with van der Waals surface area (Å²) in [6, 6.07) is 19.3. The van der Waals surface area contributed by atoms with E-state index in [1.54, 1.807) is 52.2 Å². The zero-order valence-electron chi connectivity index (χ0n) is 20.3. The van der Waals surface area contributed by atoms with Crippen LogP contribution < -0.4 is 11.1 Å². The number of hydrogen-bond acceptors (Lipinski definition) is 5. The maximum absolute atomic E-state index is 14.2. The molecule has 3 aromatic carbocycles. The van der Waals surface area contributed by atoms with Gasteiger partial charge in [0.1, 0.15) is 6.04 Å². The summed E-state index contributed by atoms with van der Waals surface area (Å²) in [5.74, 6) is -0.726. The predicted molar refractivity (Wildman–Crippen MR) is 142 cm³/mol. The number of rotatable bonds is 5. The second kappa shape index (κ2) is 9.18. The molecular weight excluding hydrogens is 506 g/mol. The first kappa shape index (κ1) is 24.0. The van der Waals surface area contributed by atoms with Gasteiger partial charge in [-0.2, -0.15) is 5.10 Å². The lowest BCUT2D eigenvalue weighted by Crippen LogP contribution is -2.44. The van der Waals surface area contributed by atoms with Crippen molar-refractivity contribution < 1.29 is 19.1 Å². The highest BCUT2D eigenvalue weighted by molar-refractivity contribution is 6.30. The highest BCUT2D eigenvalue weighted by Gasteiger charge is 2.49. The molecule has 3 amide bonds. The van der Waals surface area contributed by atoms with Crippen LogP contribution in [0.15, 0.2) is 72.9 Å². The van der Waals surface area contributed by atoms with Crippen LogP contribution in [0.4, 0.5) is 10.5 Å². The molecule has 1 saturated heterocycles. The zero-order valence-corrected chi connectivity index (χ0v) is 21.0. The van der Waals surface area contributed by atoms with Gasteiger partial charge in [0, 0.05) is 40.9 Å².